The Kier molecular flexibility index (Phi) is 4.29. The van der Waals surface area contributed by atoms with Crippen molar-refractivity contribution in [2.45, 2.75) is 25.0 Å². The molecule has 0 aliphatic carbocycles. The van der Waals surface area contributed by atoms with Crippen LogP contribution in [0.4, 0.5) is 5.69 Å². The molecule has 2 N–H and O–H groups in total. The lowest BCUT2D eigenvalue weighted by atomic mass is 10.1. The van der Waals surface area contributed by atoms with Gasteiger partial charge in [-0.1, -0.05) is 11.6 Å². The largest absolute Gasteiger partial charge is 0.478 e. The molecule has 20 heavy (non-hydrogen) atoms. The van der Waals surface area contributed by atoms with Crippen LogP contribution in [0.15, 0.2) is 18.2 Å². The molecule has 0 unspecified atom stereocenters. The number of carboxylic acids is 1. The summed E-state index contributed by atoms with van der Waals surface area (Å²) in [7, 11) is -3.60. The van der Waals surface area contributed by atoms with Gasteiger partial charge >= 0.3 is 5.97 Å². The van der Waals surface area contributed by atoms with E-state index in [1.807, 2.05) is 0 Å². The average molecular weight is 299 g/mol. The predicted octanol–water partition coefficient (Wildman–Crippen LogP) is 1.61. The summed E-state index contributed by atoms with van der Waals surface area (Å²) < 4.78 is 32.0. The quantitative estimate of drug-likeness (QED) is 0.881. The first kappa shape index (κ1) is 14.8. The van der Waals surface area contributed by atoms with Crippen molar-refractivity contribution in [3.8, 4) is 0 Å². The molecule has 0 atom stereocenters. The Labute approximate surface area is 117 Å². The van der Waals surface area contributed by atoms with Gasteiger partial charge in [0, 0.05) is 13.2 Å². The van der Waals surface area contributed by atoms with E-state index in [1.54, 1.807) is 13.0 Å². The van der Waals surface area contributed by atoms with E-state index in [-0.39, 0.29) is 11.3 Å². The minimum absolute atomic E-state index is 0.0411. The third kappa shape index (κ3) is 3.29. The second-order valence-electron chi connectivity index (χ2n) is 4.81. The van der Waals surface area contributed by atoms with Crippen LogP contribution in [-0.4, -0.2) is 38.0 Å². The summed E-state index contributed by atoms with van der Waals surface area (Å²) in [6, 6.07) is 4.61. The smallest absolute Gasteiger partial charge is 0.337 e. The van der Waals surface area contributed by atoms with E-state index in [2.05, 4.69) is 4.72 Å². The molecule has 0 radical (unpaired) electrons. The summed E-state index contributed by atoms with van der Waals surface area (Å²) in [6.45, 7) is 2.57. The maximum Gasteiger partial charge on any atom is 0.337 e. The first-order valence-electron chi connectivity index (χ1n) is 6.33. The SMILES string of the molecule is Cc1ccc(NS(=O)(=O)C2CCOCC2)c(C(=O)O)c1. The zero-order valence-corrected chi connectivity index (χ0v) is 11.9. The highest BCUT2D eigenvalue weighted by atomic mass is 32.2. The van der Waals surface area contributed by atoms with Crippen molar-refractivity contribution in [2.75, 3.05) is 17.9 Å². The van der Waals surface area contributed by atoms with E-state index >= 15 is 0 Å². The molecular formula is C13H17NO5S. The predicted molar refractivity (Wildman–Crippen MR) is 74.5 cm³/mol. The first-order chi connectivity index (χ1) is 9.40. The number of hydrogen-bond acceptors (Lipinski definition) is 4. The Balaban J connectivity index is 2.27. The molecule has 0 bridgehead atoms. The van der Waals surface area contributed by atoms with Crippen molar-refractivity contribution < 1.29 is 23.1 Å². The fraction of sp³-hybridized carbons (Fsp3) is 0.462. The zero-order valence-electron chi connectivity index (χ0n) is 11.1. The van der Waals surface area contributed by atoms with Crippen molar-refractivity contribution in [2.24, 2.45) is 0 Å². The summed E-state index contributed by atoms with van der Waals surface area (Å²) in [5.74, 6) is -1.15. The molecule has 1 aromatic carbocycles. The van der Waals surface area contributed by atoms with Gasteiger partial charge in [-0.05, 0) is 31.9 Å². The van der Waals surface area contributed by atoms with Crippen molar-refractivity contribution in [1.82, 2.24) is 0 Å². The van der Waals surface area contributed by atoms with E-state index in [9.17, 15) is 13.2 Å². The van der Waals surface area contributed by atoms with Gasteiger partial charge in [-0.15, -0.1) is 0 Å². The van der Waals surface area contributed by atoms with Crippen molar-refractivity contribution in [3.05, 3.63) is 29.3 Å². The molecule has 0 saturated carbocycles. The monoisotopic (exact) mass is 299 g/mol. The summed E-state index contributed by atoms with van der Waals surface area (Å²) in [5.41, 5.74) is 0.826. The van der Waals surface area contributed by atoms with Crippen LogP contribution in [0, 0.1) is 6.92 Å². The zero-order chi connectivity index (χ0) is 14.8. The Hall–Kier alpha value is -1.60. The number of hydrogen-bond donors (Lipinski definition) is 2. The lowest BCUT2D eigenvalue weighted by molar-refractivity contribution is 0.0698. The second kappa shape index (κ2) is 5.80. The van der Waals surface area contributed by atoms with Crippen molar-refractivity contribution in [1.29, 1.82) is 0 Å². The molecule has 1 aliphatic rings. The molecule has 110 valence electrons. The lowest BCUT2D eigenvalue weighted by Gasteiger charge is -2.23. The highest BCUT2D eigenvalue weighted by Crippen LogP contribution is 2.23. The number of carbonyl (C=O) groups is 1. The molecule has 1 saturated heterocycles. The summed E-state index contributed by atoms with van der Waals surface area (Å²) in [4.78, 5) is 11.2. The molecule has 0 amide bonds. The molecule has 1 aromatic rings. The summed E-state index contributed by atoms with van der Waals surface area (Å²) in [5, 5.41) is 8.60. The maximum atomic E-state index is 12.3. The van der Waals surface area contributed by atoms with Crippen molar-refractivity contribution in [3.63, 3.8) is 0 Å². The molecule has 0 spiro atoms. The maximum absolute atomic E-state index is 12.3. The number of anilines is 1. The molecule has 1 aliphatic heterocycles. The highest BCUT2D eigenvalue weighted by molar-refractivity contribution is 7.93. The highest BCUT2D eigenvalue weighted by Gasteiger charge is 2.28. The fourth-order valence-corrected chi connectivity index (χ4v) is 3.61. The average Bonchev–Trinajstić information content (AvgIpc) is 2.41. The number of sulfonamides is 1. The first-order valence-corrected chi connectivity index (χ1v) is 7.88. The van der Waals surface area contributed by atoms with E-state index in [0.717, 1.165) is 5.56 Å². The Bertz CT molecular complexity index is 605. The third-order valence-corrected chi connectivity index (χ3v) is 5.12. The molecule has 2 rings (SSSR count). The van der Waals surface area contributed by atoms with Gasteiger partial charge < -0.3 is 9.84 Å². The van der Waals surface area contributed by atoms with Crippen LogP contribution in [-0.2, 0) is 14.8 Å². The van der Waals surface area contributed by atoms with E-state index in [1.165, 1.54) is 12.1 Å². The van der Waals surface area contributed by atoms with Gasteiger partial charge in [0.1, 0.15) is 0 Å². The van der Waals surface area contributed by atoms with Crippen LogP contribution in [0.3, 0.4) is 0 Å². The minimum atomic E-state index is -3.60. The number of carboxylic acid groups (broad SMARTS) is 1. The van der Waals surface area contributed by atoms with Gasteiger partial charge in [0.2, 0.25) is 10.0 Å². The van der Waals surface area contributed by atoms with Gasteiger partial charge in [0.25, 0.3) is 0 Å². The van der Waals surface area contributed by atoms with Gasteiger partial charge in [0.15, 0.2) is 0 Å². The number of benzene rings is 1. The number of aryl methyl sites for hydroxylation is 1. The van der Waals surface area contributed by atoms with Crippen molar-refractivity contribution >= 4 is 21.7 Å². The molecule has 6 nitrogen and oxygen atoms in total. The number of aromatic carboxylic acids is 1. The van der Waals surface area contributed by atoms with Gasteiger partial charge in [-0.2, -0.15) is 0 Å². The second-order valence-corrected chi connectivity index (χ2v) is 6.77. The van der Waals surface area contributed by atoms with E-state index < -0.39 is 21.2 Å². The standard InChI is InChI=1S/C13H17NO5S/c1-9-2-3-12(11(8-9)13(15)16)14-20(17,18)10-4-6-19-7-5-10/h2-3,8,10,14H,4-7H2,1H3,(H,15,16). The van der Waals surface area contributed by atoms with E-state index in [0.29, 0.717) is 26.1 Å². The minimum Gasteiger partial charge on any atom is -0.478 e. The van der Waals surface area contributed by atoms with Crippen LogP contribution in [0.1, 0.15) is 28.8 Å². The number of rotatable bonds is 4. The van der Waals surface area contributed by atoms with Crippen LogP contribution < -0.4 is 4.72 Å². The van der Waals surface area contributed by atoms with Crippen LogP contribution in [0.2, 0.25) is 0 Å². The Morgan fingerprint density at radius 1 is 1.35 bits per heavy atom. The van der Waals surface area contributed by atoms with Crippen LogP contribution in [0.25, 0.3) is 0 Å². The molecule has 1 heterocycles. The van der Waals surface area contributed by atoms with Crippen LogP contribution in [0.5, 0.6) is 0 Å². The third-order valence-electron chi connectivity index (χ3n) is 3.26. The van der Waals surface area contributed by atoms with Gasteiger partial charge in [-0.25, -0.2) is 13.2 Å². The molecule has 7 heteroatoms. The Morgan fingerprint density at radius 2 is 2.00 bits per heavy atom. The fourth-order valence-electron chi connectivity index (χ4n) is 2.15. The van der Waals surface area contributed by atoms with Gasteiger partial charge in [0.05, 0.1) is 16.5 Å². The van der Waals surface area contributed by atoms with E-state index in [4.69, 9.17) is 9.84 Å². The van der Waals surface area contributed by atoms with Crippen LogP contribution >= 0.6 is 0 Å². The number of nitrogens with one attached hydrogen (secondary N) is 1. The topological polar surface area (TPSA) is 92.7 Å². The molecule has 0 aromatic heterocycles. The molecule has 1 fully saturated rings. The van der Waals surface area contributed by atoms with Gasteiger partial charge in [-0.3, -0.25) is 4.72 Å². The molecular weight excluding hydrogens is 282 g/mol. The number of ether oxygens (including phenoxy) is 1. The Morgan fingerprint density at radius 3 is 2.60 bits per heavy atom. The summed E-state index contributed by atoms with van der Waals surface area (Å²) >= 11 is 0. The lowest BCUT2D eigenvalue weighted by Crippen LogP contribution is -2.33. The normalized spacial score (nSPS) is 16.9. The summed E-state index contributed by atoms with van der Waals surface area (Å²) in [6.07, 6.45) is 0.840.